The van der Waals surface area contributed by atoms with Crippen LogP contribution in [0.4, 0.5) is 4.39 Å². The minimum absolute atomic E-state index is 0.258. The van der Waals surface area contributed by atoms with Gasteiger partial charge in [0.25, 0.3) is 0 Å². The van der Waals surface area contributed by atoms with Gasteiger partial charge in [-0.15, -0.1) is 0 Å². The zero-order valence-electron chi connectivity index (χ0n) is 10.8. The molecule has 2 aromatic rings. The van der Waals surface area contributed by atoms with Crippen LogP contribution in [-0.2, 0) is 12.8 Å². The summed E-state index contributed by atoms with van der Waals surface area (Å²) in [5.41, 5.74) is 1.95. The summed E-state index contributed by atoms with van der Waals surface area (Å²) in [6.45, 7) is 0. The predicted octanol–water partition coefficient (Wildman–Crippen LogP) is 2.98. The molecule has 2 aromatic carbocycles. The van der Waals surface area contributed by atoms with Crippen LogP contribution in [0.3, 0.4) is 0 Å². The fourth-order valence-electron chi connectivity index (χ4n) is 2.04. The van der Waals surface area contributed by atoms with Gasteiger partial charge in [0.1, 0.15) is 11.6 Å². The van der Waals surface area contributed by atoms with Crippen molar-refractivity contribution in [3.63, 3.8) is 0 Å². The molecule has 0 amide bonds. The van der Waals surface area contributed by atoms with Gasteiger partial charge in [-0.3, -0.25) is 0 Å². The molecule has 1 N–H and O–H groups in total. The van der Waals surface area contributed by atoms with E-state index in [1.807, 2.05) is 24.3 Å². The molecule has 0 bridgehead atoms. The summed E-state index contributed by atoms with van der Waals surface area (Å²) in [4.78, 5) is 0. The summed E-state index contributed by atoms with van der Waals surface area (Å²) in [7, 11) is 1.62. The lowest BCUT2D eigenvalue weighted by Crippen LogP contribution is -2.13. The molecule has 0 radical (unpaired) electrons. The van der Waals surface area contributed by atoms with E-state index in [2.05, 4.69) is 0 Å². The first kappa shape index (κ1) is 13.6. The van der Waals surface area contributed by atoms with Gasteiger partial charge in [0.2, 0.25) is 0 Å². The summed E-state index contributed by atoms with van der Waals surface area (Å²) < 4.78 is 17.9. The second-order valence-corrected chi connectivity index (χ2v) is 4.54. The normalized spacial score (nSPS) is 12.2. The van der Waals surface area contributed by atoms with E-state index in [4.69, 9.17) is 4.74 Å². The van der Waals surface area contributed by atoms with Crippen molar-refractivity contribution in [3.8, 4) is 5.75 Å². The van der Waals surface area contributed by atoms with Crippen LogP contribution in [-0.4, -0.2) is 18.3 Å². The van der Waals surface area contributed by atoms with Crippen LogP contribution in [0.15, 0.2) is 48.5 Å². The van der Waals surface area contributed by atoms with Crippen molar-refractivity contribution >= 4 is 0 Å². The van der Waals surface area contributed by atoms with E-state index in [0.29, 0.717) is 12.8 Å². The number of hydrogen-bond donors (Lipinski definition) is 1. The van der Waals surface area contributed by atoms with Crippen LogP contribution >= 0.6 is 0 Å². The van der Waals surface area contributed by atoms with Crippen LogP contribution in [0.2, 0.25) is 0 Å². The smallest absolute Gasteiger partial charge is 0.123 e. The summed E-state index contributed by atoms with van der Waals surface area (Å²) in [6.07, 6.45) is 0.573. The molecule has 0 aromatic heterocycles. The average Bonchev–Trinajstić information content (AvgIpc) is 2.41. The van der Waals surface area contributed by atoms with E-state index in [1.54, 1.807) is 19.2 Å². The van der Waals surface area contributed by atoms with Crippen LogP contribution in [0.1, 0.15) is 11.1 Å². The number of aliphatic hydroxyl groups is 1. The molecule has 0 fully saturated rings. The maximum absolute atomic E-state index is 12.8. The van der Waals surface area contributed by atoms with E-state index in [9.17, 15) is 9.50 Å². The third-order valence-corrected chi connectivity index (χ3v) is 2.99. The molecule has 0 aliphatic heterocycles. The molecule has 2 rings (SSSR count). The Balaban J connectivity index is 1.96. The molecule has 0 heterocycles. The summed E-state index contributed by atoms with van der Waals surface area (Å²) in [6, 6.07) is 13.9. The maximum Gasteiger partial charge on any atom is 0.123 e. The lowest BCUT2D eigenvalue weighted by atomic mass is 10.0. The Morgan fingerprint density at radius 1 is 1.05 bits per heavy atom. The molecule has 2 nitrogen and oxygen atoms in total. The maximum atomic E-state index is 12.8. The van der Waals surface area contributed by atoms with Gasteiger partial charge in [-0.25, -0.2) is 4.39 Å². The average molecular weight is 260 g/mol. The number of hydrogen-bond acceptors (Lipinski definition) is 2. The molecule has 0 spiro atoms. The number of aliphatic hydroxyl groups excluding tert-OH is 1. The second-order valence-electron chi connectivity index (χ2n) is 4.54. The highest BCUT2D eigenvalue weighted by Crippen LogP contribution is 2.15. The highest BCUT2D eigenvalue weighted by atomic mass is 19.1. The van der Waals surface area contributed by atoms with Gasteiger partial charge in [0, 0.05) is 0 Å². The molecule has 19 heavy (non-hydrogen) atoms. The van der Waals surface area contributed by atoms with E-state index in [1.165, 1.54) is 12.1 Å². The first-order chi connectivity index (χ1) is 9.17. The van der Waals surface area contributed by atoms with E-state index < -0.39 is 6.10 Å². The quantitative estimate of drug-likeness (QED) is 0.895. The molecule has 0 aliphatic carbocycles. The van der Waals surface area contributed by atoms with Gasteiger partial charge in [0.15, 0.2) is 0 Å². The molecular weight excluding hydrogens is 243 g/mol. The molecular formula is C16H17FO2. The zero-order valence-corrected chi connectivity index (χ0v) is 10.8. The van der Waals surface area contributed by atoms with Gasteiger partial charge in [-0.1, -0.05) is 24.3 Å². The van der Waals surface area contributed by atoms with Crippen molar-refractivity contribution in [2.45, 2.75) is 18.9 Å². The van der Waals surface area contributed by atoms with Crippen LogP contribution in [0, 0.1) is 5.82 Å². The van der Waals surface area contributed by atoms with E-state index in [0.717, 1.165) is 16.9 Å². The lowest BCUT2D eigenvalue weighted by molar-refractivity contribution is 0.175. The van der Waals surface area contributed by atoms with Crippen molar-refractivity contribution < 1.29 is 14.2 Å². The molecule has 1 atom stereocenters. The standard InChI is InChI=1S/C16H17FO2/c1-19-16-4-2-3-13(11-16)10-15(18)9-12-5-7-14(17)8-6-12/h2-8,11,15,18H,9-10H2,1H3. The summed E-state index contributed by atoms with van der Waals surface area (Å²) in [5, 5.41) is 10.1. The number of benzene rings is 2. The van der Waals surface area contributed by atoms with Crippen molar-refractivity contribution in [1.29, 1.82) is 0 Å². The highest BCUT2D eigenvalue weighted by Gasteiger charge is 2.07. The Kier molecular flexibility index (Phi) is 4.53. The third-order valence-electron chi connectivity index (χ3n) is 2.99. The largest absolute Gasteiger partial charge is 0.497 e. The summed E-state index contributed by atoms with van der Waals surface area (Å²) in [5.74, 6) is 0.525. The third kappa shape index (κ3) is 4.07. The first-order valence-electron chi connectivity index (χ1n) is 6.23. The monoisotopic (exact) mass is 260 g/mol. The Morgan fingerprint density at radius 3 is 2.42 bits per heavy atom. The van der Waals surface area contributed by atoms with Crippen LogP contribution < -0.4 is 4.74 Å². The number of rotatable bonds is 5. The van der Waals surface area contributed by atoms with E-state index in [-0.39, 0.29) is 5.82 Å². The van der Waals surface area contributed by atoms with E-state index >= 15 is 0 Å². The Hall–Kier alpha value is -1.87. The Labute approximate surface area is 112 Å². The van der Waals surface area contributed by atoms with Crippen molar-refractivity contribution in [1.82, 2.24) is 0 Å². The fourth-order valence-corrected chi connectivity index (χ4v) is 2.04. The van der Waals surface area contributed by atoms with Crippen LogP contribution in [0.5, 0.6) is 5.75 Å². The molecule has 1 unspecified atom stereocenters. The van der Waals surface area contributed by atoms with Crippen LogP contribution in [0.25, 0.3) is 0 Å². The number of methoxy groups -OCH3 is 1. The summed E-state index contributed by atoms with van der Waals surface area (Å²) >= 11 is 0. The van der Waals surface area contributed by atoms with Crippen molar-refractivity contribution in [3.05, 3.63) is 65.5 Å². The molecule has 3 heteroatoms. The minimum Gasteiger partial charge on any atom is -0.497 e. The Morgan fingerprint density at radius 2 is 1.74 bits per heavy atom. The minimum atomic E-state index is -0.488. The van der Waals surface area contributed by atoms with Gasteiger partial charge in [0.05, 0.1) is 13.2 Å². The van der Waals surface area contributed by atoms with Gasteiger partial charge in [-0.05, 0) is 48.2 Å². The SMILES string of the molecule is COc1cccc(CC(O)Cc2ccc(F)cc2)c1. The topological polar surface area (TPSA) is 29.5 Å². The highest BCUT2D eigenvalue weighted by molar-refractivity contribution is 5.29. The van der Waals surface area contributed by atoms with Crippen molar-refractivity contribution in [2.24, 2.45) is 0 Å². The second kappa shape index (κ2) is 6.34. The van der Waals surface area contributed by atoms with Gasteiger partial charge < -0.3 is 9.84 Å². The number of ether oxygens (including phenoxy) is 1. The molecule has 0 aliphatic rings. The Bertz CT molecular complexity index is 523. The predicted molar refractivity (Wildman–Crippen MR) is 72.8 cm³/mol. The fraction of sp³-hybridized carbons (Fsp3) is 0.250. The van der Waals surface area contributed by atoms with Gasteiger partial charge in [-0.2, -0.15) is 0 Å². The van der Waals surface area contributed by atoms with Crippen molar-refractivity contribution in [2.75, 3.05) is 7.11 Å². The molecule has 0 saturated carbocycles. The number of halogens is 1. The lowest BCUT2D eigenvalue weighted by Gasteiger charge is -2.11. The molecule has 100 valence electrons. The first-order valence-corrected chi connectivity index (χ1v) is 6.23. The zero-order chi connectivity index (χ0) is 13.7. The van der Waals surface area contributed by atoms with Gasteiger partial charge >= 0.3 is 0 Å². The molecule has 0 saturated heterocycles.